The highest BCUT2D eigenvalue weighted by Crippen LogP contribution is 2.21. The molecule has 2 heterocycles. The van der Waals surface area contributed by atoms with Crippen LogP contribution in [0.4, 0.5) is 0 Å². The van der Waals surface area contributed by atoms with E-state index < -0.39 is 10.0 Å². The van der Waals surface area contributed by atoms with E-state index >= 15 is 0 Å². The average molecular weight is 315 g/mol. The lowest BCUT2D eigenvalue weighted by molar-refractivity contribution is -0.930. The molecule has 0 aromatic carbocycles. The minimum absolute atomic E-state index is 0.485. The minimum atomic E-state index is -3.23. The van der Waals surface area contributed by atoms with Gasteiger partial charge in [0.05, 0.1) is 32.2 Å². The van der Waals surface area contributed by atoms with Crippen LogP contribution < -0.4 is 4.90 Å². The second-order valence-electron chi connectivity index (χ2n) is 5.83. The minimum Gasteiger partial charge on any atom is -0.330 e. The van der Waals surface area contributed by atoms with E-state index in [1.54, 1.807) is 21.3 Å². The second kappa shape index (κ2) is 6.13. The zero-order chi connectivity index (χ0) is 14.0. The van der Waals surface area contributed by atoms with E-state index in [0.717, 1.165) is 19.1 Å². The number of sulfonamides is 1. The van der Waals surface area contributed by atoms with Crippen molar-refractivity contribution in [3.05, 3.63) is 17.5 Å². The molecule has 1 saturated heterocycles. The van der Waals surface area contributed by atoms with Gasteiger partial charge in [-0.15, -0.1) is 11.3 Å². The molecule has 1 saturated carbocycles. The summed E-state index contributed by atoms with van der Waals surface area (Å²) in [7, 11) is -3.23. The zero-order valence-electron chi connectivity index (χ0n) is 11.8. The largest absolute Gasteiger partial charge is 0.330 e. The molecule has 4 nitrogen and oxygen atoms in total. The lowest BCUT2D eigenvalue weighted by atomic mass is 9.94. The van der Waals surface area contributed by atoms with Gasteiger partial charge in [-0.05, 0) is 37.1 Å². The second-order valence-corrected chi connectivity index (χ2v) is 8.94. The topological polar surface area (TPSA) is 41.8 Å². The number of rotatable bonds is 3. The average Bonchev–Trinajstić information content (AvgIpc) is 3.03. The Morgan fingerprint density at radius 3 is 2.45 bits per heavy atom. The number of thiophene rings is 1. The van der Waals surface area contributed by atoms with Crippen LogP contribution >= 0.6 is 11.3 Å². The van der Waals surface area contributed by atoms with Crippen LogP contribution in [0.5, 0.6) is 0 Å². The molecule has 20 heavy (non-hydrogen) atoms. The first-order valence-electron chi connectivity index (χ1n) is 7.56. The predicted octanol–water partition coefficient (Wildman–Crippen LogP) is 0.970. The van der Waals surface area contributed by atoms with Crippen molar-refractivity contribution < 1.29 is 13.3 Å². The van der Waals surface area contributed by atoms with E-state index in [4.69, 9.17) is 0 Å². The first-order chi connectivity index (χ1) is 9.68. The number of hydrogen-bond acceptors (Lipinski definition) is 3. The van der Waals surface area contributed by atoms with Crippen molar-refractivity contribution in [1.29, 1.82) is 0 Å². The third kappa shape index (κ3) is 2.93. The maximum Gasteiger partial charge on any atom is 0.252 e. The Bertz CT molecular complexity index is 513. The molecule has 2 fully saturated rings. The van der Waals surface area contributed by atoms with Crippen LogP contribution in [0.1, 0.15) is 32.1 Å². The lowest BCUT2D eigenvalue weighted by Gasteiger charge is -2.37. The van der Waals surface area contributed by atoms with Gasteiger partial charge in [-0.2, -0.15) is 4.31 Å². The molecule has 0 radical (unpaired) electrons. The summed E-state index contributed by atoms with van der Waals surface area (Å²) in [5, 5.41) is 1.83. The Kier molecular flexibility index (Phi) is 4.45. The maximum atomic E-state index is 12.5. The molecule has 0 spiro atoms. The molecule has 2 aliphatic rings. The molecule has 0 atom stereocenters. The van der Waals surface area contributed by atoms with Crippen LogP contribution in [-0.2, 0) is 10.0 Å². The van der Waals surface area contributed by atoms with Crippen LogP contribution in [0.15, 0.2) is 21.7 Å². The van der Waals surface area contributed by atoms with Crippen molar-refractivity contribution in [2.75, 3.05) is 26.2 Å². The van der Waals surface area contributed by atoms with Gasteiger partial charge in [0.25, 0.3) is 10.0 Å². The molecule has 3 rings (SSSR count). The highest BCUT2D eigenvalue weighted by Gasteiger charge is 2.34. The summed E-state index contributed by atoms with van der Waals surface area (Å²) in [5.74, 6) is 0. The summed E-state index contributed by atoms with van der Waals surface area (Å²) in [6, 6.07) is 4.29. The van der Waals surface area contributed by atoms with E-state index in [2.05, 4.69) is 0 Å². The van der Waals surface area contributed by atoms with Crippen molar-refractivity contribution in [3.8, 4) is 0 Å². The molecule has 0 bridgehead atoms. The van der Waals surface area contributed by atoms with Crippen LogP contribution in [-0.4, -0.2) is 44.9 Å². The zero-order valence-corrected chi connectivity index (χ0v) is 13.4. The smallest absolute Gasteiger partial charge is 0.252 e. The third-order valence-electron chi connectivity index (χ3n) is 4.64. The first-order valence-corrected chi connectivity index (χ1v) is 9.88. The molecule has 0 unspecified atom stereocenters. The summed E-state index contributed by atoms with van der Waals surface area (Å²) in [6.07, 6.45) is 6.74. The van der Waals surface area contributed by atoms with E-state index in [0.29, 0.717) is 17.3 Å². The Morgan fingerprint density at radius 2 is 1.85 bits per heavy atom. The SMILES string of the molecule is O=S(=O)(c1cccs1)N1CC[NH+](C2CCCCC2)CC1. The van der Waals surface area contributed by atoms with Crippen molar-refractivity contribution in [2.24, 2.45) is 0 Å². The highest BCUT2D eigenvalue weighted by atomic mass is 32.2. The van der Waals surface area contributed by atoms with Gasteiger partial charge in [-0.3, -0.25) is 0 Å². The molecular formula is C14H23N2O2S2+. The molecule has 1 N–H and O–H groups in total. The summed E-state index contributed by atoms with van der Waals surface area (Å²) in [6.45, 7) is 3.28. The van der Waals surface area contributed by atoms with Gasteiger partial charge in [-0.1, -0.05) is 12.5 Å². The van der Waals surface area contributed by atoms with Crippen LogP contribution in [0, 0.1) is 0 Å². The maximum absolute atomic E-state index is 12.5. The van der Waals surface area contributed by atoms with Gasteiger partial charge in [-0.25, -0.2) is 8.42 Å². The van der Waals surface area contributed by atoms with E-state index in [1.807, 2.05) is 5.38 Å². The fourth-order valence-corrected chi connectivity index (χ4v) is 6.06. The molecular weight excluding hydrogens is 292 g/mol. The Morgan fingerprint density at radius 1 is 1.15 bits per heavy atom. The number of nitrogens with zero attached hydrogens (tertiary/aromatic N) is 1. The van der Waals surface area contributed by atoms with Crippen LogP contribution in [0.3, 0.4) is 0 Å². The van der Waals surface area contributed by atoms with Gasteiger partial charge < -0.3 is 4.90 Å². The molecule has 1 aliphatic heterocycles. The van der Waals surface area contributed by atoms with Gasteiger partial charge in [0.15, 0.2) is 0 Å². The molecule has 1 aromatic heterocycles. The van der Waals surface area contributed by atoms with Crippen molar-refractivity contribution >= 4 is 21.4 Å². The van der Waals surface area contributed by atoms with E-state index in [-0.39, 0.29) is 0 Å². The van der Waals surface area contributed by atoms with Crippen LogP contribution in [0.25, 0.3) is 0 Å². The molecule has 0 amide bonds. The fraction of sp³-hybridized carbons (Fsp3) is 0.714. The molecule has 1 aliphatic carbocycles. The Balaban J connectivity index is 1.61. The van der Waals surface area contributed by atoms with Crippen molar-refractivity contribution in [2.45, 2.75) is 42.4 Å². The monoisotopic (exact) mass is 315 g/mol. The third-order valence-corrected chi connectivity index (χ3v) is 7.91. The fourth-order valence-electron chi connectivity index (χ4n) is 3.47. The number of piperazine rings is 1. The Hall–Kier alpha value is -0.430. The summed E-state index contributed by atoms with van der Waals surface area (Å²) < 4.78 is 27.1. The van der Waals surface area contributed by atoms with Gasteiger partial charge in [0.2, 0.25) is 0 Å². The number of hydrogen-bond donors (Lipinski definition) is 1. The number of quaternary nitrogens is 1. The molecule has 6 heteroatoms. The Labute approximate surface area is 125 Å². The quantitative estimate of drug-likeness (QED) is 0.903. The van der Waals surface area contributed by atoms with Crippen molar-refractivity contribution in [3.63, 3.8) is 0 Å². The summed E-state index contributed by atoms with van der Waals surface area (Å²) in [4.78, 5) is 1.63. The van der Waals surface area contributed by atoms with Gasteiger partial charge in [0.1, 0.15) is 4.21 Å². The normalized spacial score (nSPS) is 24.0. The number of nitrogens with one attached hydrogen (secondary N) is 1. The predicted molar refractivity (Wildman–Crippen MR) is 80.6 cm³/mol. The molecule has 112 valence electrons. The first kappa shape index (κ1) is 14.5. The highest BCUT2D eigenvalue weighted by molar-refractivity contribution is 7.91. The lowest BCUT2D eigenvalue weighted by Crippen LogP contribution is -3.18. The summed E-state index contributed by atoms with van der Waals surface area (Å²) >= 11 is 1.32. The van der Waals surface area contributed by atoms with Crippen molar-refractivity contribution in [1.82, 2.24) is 4.31 Å². The van der Waals surface area contributed by atoms with Crippen LogP contribution in [0.2, 0.25) is 0 Å². The van der Waals surface area contributed by atoms with E-state index in [9.17, 15) is 8.42 Å². The standard InChI is InChI=1S/C14H22N2O2S2/c17-20(18,14-7-4-12-19-14)16-10-8-15(9-11-16)13-5-2-1-3-6-13/h4,7,12-13H,1-3,5-6,8-11H2/p+1. The summed E-state index contributed by atoms with van der Waals surface area (Å²) in [5.41, 5.74) is 0. The van der Waals surface area contributed by atoms with Gasteiger partial charge >= 0.3 is 0 Å². The molecule has 1 aromatic rings. The van der Waals surface area contributed by atoms with E-state index in [1.165, 1.54) is 43.4 Å². The van der Waals surface area contributed by atoms with Gasteiger partial charge in [0, 0.05) is 0 Å².